The minimum Gasteiger partial charge on any atom is -0.327 e. The lowest BCUT2D eigenvalue weighted by molar-refractivity contribution is 0.394. The Labute approximate surface area is 75.7 Å². The van der Waals surface area contributed by atoms with E-state index in [0.29, 0.717) is 6.04 Å². The van der Waals surface area contributed by atoms with E-state index < -0.39 is 0 Å². The molecule has 2 rings (SSSR count). The van der Waals surface area contributed by atoms with Crippen molar-refractivity contribution in [2.45, 2.75) is 57.4 Å². The van der Waals surface area contributed by atoms with Gasteiger partial charge in [-0.05, 0) is 37.5 Å². The highest BCUT2D eigenvalue weighted by Crippen LogP contribution is 2.36. The highest BCUT2D eigenvalue weighted by molar-refractivity contribution is 4.81. The molecule has 1 atom stereocenters. The summed E-state index contributed by atoms with van der Waals surface area (Å²) >= 11 is 0. The largest absolute Gasteiger partial charge is 0.327 e. The van der Waals surface area contributed by atoms with Gasteiger partial charge in [-0.3, -0.25) is 0 Å². The smallest absolute Gasteiger partial charge is 0.00672 e. The molecular weight excluding hydrogens is 146 g/mol. The third-order valence-corrected chi connectivity index (χ3v) is 3.61. The maximum atomic E-state index is 6.16. The van der Waals surface area contributed by atoms with Gasteiger partial charge in [0, 0.05) is 6.04 Å². The van der Waals surface area contributed by atoms with Crippen molar-refractivity contribution < 1.29 is 0 Å². The topological polar surface area (TPSA) is 26.0 Å². The lowest BCUT2D eigenvalue weighted by atomic mass is 9.94. The van der Waals surface area contributed by atoms with Gasteiger partial charge in [-0.1, -0.05) is 25.7 Å². The molecule has 12 heavy (non-hydrogen) atoms. The zero-order valence-electron chi connectivity index (χ0n) is 7.97. The van der Waals surface area contributed by atoms with Crippen LogP contribution in [0.3, 0.4) is 0 Å². The van der Waals surface area contributed by atoms with Gasteiger partial charge in [0.15, 0.2) is 0 Å². The van der Waals surface area contributed by atoms with Crippen molar-refractivity contribution in [3.63, 3.8) is 0 Å². The highest BCUT2D eigenvalue weighted by Gasteiger charge is 2.25. The van der Waals surface area contributed by atoms with Crippen molar-refractivity contribution in [1.82, 2.24) is 0 Å². The molecule has 0 aromatic heterocycles. The van der Waals surface area contributed by atoms with Crippen LogP contribution >= 0.6 is 0 Å². The summed E-state index contributed by atoms with van der Waals surface area (Å²) in [5.41, 5.74) is 6.16. The quantitative estimate of drug-likeness (QED) is 0.684. The van der Waals surface area contributed by atoms with Crippen molar-refractivity contribution >= 4 is 0 Å². The molecule has 0 aliphatic heterocycles. The van der Waals surface area contributed by atoms with Crippen LogP contribution in [0.2, 0.25) is 0 Å². The summed E-state index contributed by atoms with van der Waals surface area (Å²) in [7, 11) is 0. The molecule has 0 spiro atoms. The van der Waals surface area contributed by atoms with Gasteiger partial charge in [-0.25, -0.2) is 0 Å². The van der Waals surface area contributed by atoms with E-state index in [1.54, 1.807) is 0 Å². The van der Waals surface area contributed by atoms with Crippen LogP contribution in [0, 0.1) is 11.8 Å². The number of nitrogens with two attached hydrogens (primary N) is 1. The first-order chi connectivity index (χ1) is 5.86. The fourth-order valence-electron chi connectivity index (χ4n) is 2.46. The van der Waals surface area contributed by atoms with Crippen LogP contribution in [0.4, 0.5) is 0 Å². The van der Waals surface area contributed by atoms with E-state index in [0.717, 1.165) is 11.8 Å². The second-order valence-corrected chi connectivity index (χ2v) is 4.73. The predicted octanol–water partition coefficient (Wildman–Crippen LogP) is 2.69. The molecule has 2 aliphatic rings. The van der Waals surface area contributed by atoms with E-state index in [2.05, 4.69) is 0 Å². The van der Waals surface area contributed by atoms with Gasteiger partial charge in [0.25, 0.3) is 0 Å². The molecule has 0 saturated heterocycles. The minimum absolute atomic E-state index is 0.535. The van der Waals surface area contributed by atoms with Gasteiger partial charge in [0.2, 0.25) is 0 Å². The first-order valence-electron chi connectivity index (χ1n) is 5.62. The molecule has 0 bridgehead atoms. The van der Waals surface area contributed by atoms with Gasteiger partial charge in [-0.2, -0.15) is 0 Å². The molecule has 2 fully saturated rings. The zero-order valence-corrected chi connectivity index (χ0v) is 7.97. The minimum atomic E-state index is 0.535. The second kappa shape index (κ2) is 3.78. The molecule has 0 radical (unpaired) electrons. The van der Waals surface area contributed by atoms with Crippen molar-refractivity contribution in [3.05, 3.63) is 0 Å². The standard InChI is InChI=1S/C11H21N/c12-11(8-7-9-5-6-9)10-3-1-2-4-10/h9-11H,1-8,12H2. The summed E-state index contributed by atoms with van der Waals surface area (Å²) < 4.78 is 0. The number of hydrogen-bond acceptors (Lipinski definition) is 1. The van der Waals surface area contributed by atoms with Crippen molar-refractivity contribution in [3.8, 4) is 0 Å². The van der Waals surface area contributed by atoms with Crippen LogP contribution in [0.15, 0.2) is 0 Å². The molecule has 2 N–H and O–H groups in total. The molecule has 0 amide bonds. The Morgan fingerprint density at radius 3 is 2.33 bits per heavy atom. The Morgan fingerprint density at radius 2 is 1.75 bits per heavy atom. The Morgan fingerprint density at radius 1 is 1.08 bits per heavy atom. The fraction of sp³-hybridized carbons (Fsp3) is 1.00. The van der Waals surface area contributed by atoms with E-state index in [-0.39, 0.29) is 0 Å². The molecule has 1 heteroatoms. The van der Waals surface area contributed by atoms with Crippen molar-refractivity contribution in [2.24, 2.45) is 17.6 Å². The van der Waals surface area contributed by atoms with Gasteiger partial charge >= 0.3 is 0 Å². The zero-order chi connectivity index (χ0) is 8.39. The van der Waals surface area contributed by atoms with Gasteiger partial charge in [0.1, 0.15) is 0 Å². The summed E-state index contributed by atoms with van der Waals surface area (Å²) in [5, 5.41) is 0. The summed E-state index contributed by atoms with van der Waals surface area (Å²) in [5.74, 6) is 1.95. The average Bonchev–Trinajstić information content (AvgIpc) is 2.74. The normalized spacial score (nSPS) is 27.8. The average molecular weight is 167 g/mol. The molecule has 2 aliphatic carbocycles. The van der Waals surface area contributed by atoms with Crippen molar-refractivity contribution in [2.75, 3.05) is 0 Å². The molecule has 0 heterocycles. The third-order valence-electron chi connectivity index (χ3n) is 3.61. The second-order valence-electron chi connectivity index (χ2n) is 4.73. The van der Waals surface area contributed by atoms with E-state index in [9.17, 15) is 0 Å². The lowest BCUT2D eigenvalue weighted by Gasteiger charge is -2.18. The first-order valence-corrected chi connectivity index (χ1v) is 5.62. The Hall–Kier alpha value is -0.0400. The van der Waals surface area contributed by atoms with Gasteiger partial charge in [-0.15, -0.1) is 0 Å². The molecule has 2 saturated carbocycles. The Kier molecular flexibility index (Phi) is 2.69. The molecule has 0 aromatic rings. The Balaban J connectivity index is 1.64. The molecular formula is C11H21N. The number of rotatable bonds is 4. The number of hydrogen-bond donors (Lipinski definition) is 1. The molecule has 0 aromatic carbocycles. The molecule has 1 nitrogen and oxygen atoms in total. The van der Waals surface area contributed by atoms with Crippen LogP contribution in [0.1, 0.15) is 51.4 Å². The predicted molar refractivity (Wildman–Crippen MR) is 51.9 cm³/mol. The summed E-state index contributed by atoms with van der Waals surface area (Å²) in [6.45, 7) is 0. The monoisotopic (exact) mass is 167 g/mol. The molecule has 70 valence electrons. The summed E-state index contributed by atoms with van der Waals surface area (Å²) in [6, 6.07) is 0.535. The van der Waals surface area contributed by atoms with Crippen LogP contribution in [-0.4, -0.2) is 6.04 Å². The van der Waals surface area contributed by atoms with E-state index in [4.69, 9.17) is 5.73 Å². The third kappa shape index (κ3) is 2.22. The van der Waals surface area contributed by atoms with E-state index in [1.165, 1.54) is 51.4 Å². The van der Waals surface area contributed by atoms with Crippen LogP contribution < -0.4 is 5.73 Å². The fourth-order valence-corrected chi connectivity index (χ4v) is 2.46. The van der Waals surface area contributed by atoms with Crippen molar-refractivity contribution in [1.29, 1.82) is 0 Å². The maximum absolute atomic E-state index is 6.16. The maximum Gasteiger partial charge on any atom is 0.00672 e. The summed E-state index contributed by atoms with van der Waals surface area (Å²) in [6.07, 6.45) is 11.4. The van der Waals surface area contributed by atoms with Gasteiger partial charge < -0.3 is 5.73 Å². The van der Waals surface area contributed by atoms with E-state index in [1.807, 2.05) is 0 Å². The SMILES string of the molecule is NC(CCC1CC1)C1CCCC1. The van der Waals surface area contributed by atoms with E-state index >= 15 is 0 Å². The Bertz CT molecular complexity index is 134. The molecule has 1 unspecified atom stereocenters. The summed E-state index contributed by atoms with van der Waals surface area (Å²) in [4.78, 5) is 0. The van der Waals surface area contributed by atoms with Gasteiger partial charge in [0.05, 0.1) is 0 Å². The van der Waals surface area contributed by atoms with Crippen LogP contribution in [-0.2, 0) is 0 Å². The first kappa shape index (κ1) is 8.55. The lowest BCUT2D eigenvalue weighted by Crippen LogP contribution is -2.28. The van der Waals surface area contributed by atoms with Crippen LogP contribution in [0.5, 0.6) is 0 Å². The highest BCUT2D eigenvalue weighted by atomic mass is 14.7. The van der Waals surface area contributed by atoms with Crippen LogP contribution in [0.25, 0.3) is 0 Å².